The molecule has 0 radical (unpaired) electrons. The summed E-state index contributed by atoms with van der Waals surface area (Å²) in [5, 5.41) is 14.1. The SMILES string of the molecule is CCOC(=O)c1c(-c2ccccc2Cl)csc1NC(=O)COC(=O)c1ccc(CO)cc1. The zero-order chi connectivity index (χ0) is 23.1. The summed E-state index contributed by atoms with van der Waals surface area (Å²) in [6.45, 7) is 1.17. The quantitative estimate of drug-likeness (QED) is 0.466. The molecule has 0 saturated carbocycles. The van der Waals surface area contributed by atoms with Crippen molar-refractivity contribution in [1.82, 2.24) is 0 Å². The van der Waals surface area contributed by atoms with Crippen LogP contribution in [0.15, 0.2) is 53.9 Å². The number of anilines is 1. The molecule has 0 unspecified atom stereocenters. The highest BCUT2D eigenvalue weighted by Crippen LogP contribution is 2.39. The highest BCUT2D eigenvalue weighted by Gasteiger charge is 2.24. The van der Waals surface area contributed by atoms with Crippen molar-refractivity contribution in [2.45, 2.75) is 13.5 Å². The molecule has 3 rings (SSSR count). The van der Waals surface area contributed by atoms with Crippen molar-refractivity contribution in [2.75, 3.05) is 18.5 Å². The van der Waals surface area contributed by atoms with Crippen molar-refractivity contribution in [3.05, 3.63) is 75.6 Å². The van der Waals surface area contributed by atoms with Crippen molar-refractivity contribution in [2.24, 2.45) is 0 Å². The average Bonchev–Trinajstić information content (AvgIpc) is 3.21. The maximum Gasteiger partial charge on any atom is 0.341 e. The van der Waals surface area contributed by atoms with Crippen LogP contribution in [-0.2, 0) is 20.9 Å². The summed E-state index contributed by atoms with van der Waals surface area (Å²) in [6, 6.07) is 13.2. The van der Waals surface area contributed by atoms with Gasteiger partial charge in [0.05, 0.1) is 18.8 Å². The van der Waals surface area contributed by atoms with E-state index in [4.69, 9.17) is 26.2 Å². The second kappa shape index (κ2) is 10.9. The fourth-order valence-electron chi connectivity index (χ4n) is 2.86. The monoisotopic (exact) mass is 473 g/mol. The molecule has 7 nitrogen and oxygen atoms in total. The molecule has 166 valence electrons. The minimum Gasteiger partial charge on any atom is -0.462 e. The Kier molecular flexibility index (Phi) is 7.99. The number of carbonyl (C=O) groups is 3. The van der Waals surface area contributed by atoms with Gasteiger partial charge in [-0.15, -0.1) is 11.3 Å². The molecule has 1 aromatic heterocycles. The van der Waals surface area contributed by atoms with Crippen molar-refractivity contribution in [1.29, 1.82) is 0 Å². The largest absolute Gasteiger partial charge is 0.462 e. The minimum absolute atomic E-state index is 0.141. The van der Waals surface area contributed by atoms with Crippen LogP contribution in [-0.4, -0.2) is 36.2 Å². The summed E-state index contributed by atoms with van der Waals surface area (Å²) in [5.74, 6) is -1.89. The molecule has 0 saturated heterocycles. The third kappa shape index (κ3) is 5.53. The Labute approximate surface area is 193 Å². The van der Waals surface area contributed by atoms with Gasteiger partial charge in [-0.25, -0.2) is 9.59 Å². The van der Waals surface area contributed by atoms with Gasteiger partial charge in [0.25, 0.3) is 5.91 Å². The molecule has 0 bridgehead atoms. The van der Waals surface area contributed by atoms with E-state index in [0.717, 1.165) is 11.3 Å². The number of hydrogen-bond acceptors (Lipinski definition) is 7. The van der Waals surface area contributed by atoms with E-state index in [9.17, 15) is 14.4 Å². The Morgan fingerprint density at radius 1 is 1.00 bits per heavy atom. The molecule has 32 heavy (non-hydrogen) atoms. The van der Waals surface area contributed by atoms with Crippen LogP contribution in [0.4, 0.5) is 5.00 Å². The van der Waals surface area contributed by atoms with Gasteiger partial charge in [-0.05, 0) is 30.7 Å². The first-order valence-electron chi connectivity index (χ1n) is 9.64. The van der Waals surface area contributed by atoms with Crippen molar-refractivity contribution in [3.8, 4) is 11.1 Å². The number of carbonyl (C=O) groups excluding carboxylic acids is 3. The zero-order valence-electron chi connectivity index (χ0n) is 17.1. The lowest BCUT2D eigenvalue weighted by atomic mass is 10.0. The van der Waals surface area contributed by atoms with E-state index in [1.165, 1.54) is 12.1 Å². The van der Waals surface area contributed by atoms with Crippen LogP contribution in [0.25, 0.3) is 11.1 Å². The predicted molar refractivity (Wildman–Crippen MR) is 122 cm³/mol. The first-order chi connectivity index (χ1) is 15.4. The lowest BCUT2D eigenvalue weighted by Gasteiger charge is -2.10. The fourth-order valence-corrected chi connectivity index (χ4v) is 4.06. The van der Waals surface area contributed by atoms with Gasteiger partial charge in [-0.1, -0.05) is 41.9 Å². The van der Waals surface area contributed by atoms with Crippen LogP contribution in [0.3, 0.4) is 0 Å². The molecule has 9 heteroatoms. The Morgan fingerprint density at radius 2 is 1.72 bits per heavy atom. The van der Waals surface area contributed by atoms with Crippen LogP contribution in [0.5, 0.6) is 0 Å². The molecule has 0 atom stereocenters. The maximum atomic E-state index is 12.6. The molecule has 0 fully saturated rings. The molecule has 0 spiro atoms. The second-order valence-corrected chi connectivity index (χ2v) is 7.82. The van der Waals surface area contributed by atoms with Crippen LogP contribution < -0.4 is 5.32 Å². The zero-order valence-corrected chi connectivity index (χ0v) is 18.7. The second-order valence-electron chi connectivity index (χ2n) is 6.53. The molecule has 1 heterocycles. The molecule has 1 amide bonds. The summed E-state index contributed by atoms with van der Waals surface area (Å²) in [4.78, 5) is 37.1. The van der Waals surface area contributed by atoms with E-state index in [1.807, 2.05) is 0 Å². The Balaban J connectivity index is 1.74. The Morgan fingerprint density at radius 3 is 2.38 bits per heavy atom. The highest BCUT2D eigenvalue weighted by molar-refractivity contribution is 7.15. The van der Waals surface area contributed by atoms with E-state index in [0.29, 0.717) is 21.7 Å². The van der Waals surface area contributed by atoms with Gasteiger partial charge in [0.15, 0.2) is 6.61 Å². The minimum atomic E-state index is -0.682. The summed E-state index contributed by atoms with van der Waals surface area (Å²) in [7, 11) is 0. The first-order valence-corrected chi connectivity index (χ1v) is 10.9. The van der Waals surface area contributed by atoms with E-state index in [1.54, 1.807) is 48.7 Å². The van der Waals surface area contributed by atoms with Crippen molar-refractivity contribution < 1.29 is 29.0 Å². The lowest BCUT2D eigenvalue weighted by Crippen LogP contribution is -2.21. The summed E-state index contributed by atoms with van der Waals surface area (Å²) in [5.41, 5.74) is 2.25. The third-order valence-corrected chi connectivity index (χ3v) is 5.62. The number of halogens is 1. The van der Waals surface area contributed by atoms with Crippen LogP contribution in [0.2, 0.25) is 5.02 Å². The first kappa shape index (κ1) is 23.5. The number of aliphatic hydroxyl groups excluding tert-OH is 1. The van der Waals surface area contributed by atoms with Crippen molar-refractivity contribution >= 4 is 45.8 Å². The van der Waals surface area contributed by atoms with Crippen molar-refractivity contribution in [3.63, 3.8) is 0 Å². The highest BCUT2D eigenvalue weighted by atomic mass is 35.5. The molecule has 3 aromatic rings. The number of hydrogen-bond donors (Lipinski definition) is 2. The predicted octanol–water partition coefficient (Wildman–Crippen LogP) is 4.53. The van der Waals surface area contributed by atoms with Gasteiger partial charge < -0.3 is 19.9 Å². The molecular formula is C23H20ClNO6S. The van der Waals surface area contributed by atoms with Crippen LogP contribution in [0.1, 0.15) is 33.2 Å². The Bertz CT molecular complexity index is 1130. The molecular weight excluding hydrogens is 454 g/mol. The van der Waals surface area contributed by atoms with E-state index < -0.39 is 24.5 Å². The normalized spacial score (nSPS) is 10.5. The summed E-state index contributed by atoms with van der Waals surface area (Å²) >= 11 is 7.42. The van der Waals surface area contributed by atoms with E-state index in [2.05, 4.69) is 5.32 Å². The summed E-state index contributed by atoms with van der Waals surface area (Å²) in [6.07, 6.45) is 0. The lowest BCUT2D eigenvalue weighted by molar-refractivity contribution is -0.119. The number of ether oxygens (including phenoxy) is 2. The Hall–Kier alpha value is -3.20. The summed E-state index contributed by atoms with van der Waals surface area (Å²) < 4.78 is 10.2. The number of benzene rings is 2. The van der Waals surface area contributed by atoms with E-state index in [-0.39, 0.29) is 29.3 Å². The maximum absolute atomic E-state index is 12.6. The van der Waals surface area contributed by atoms with Gasteiger partial charge in [0, 0.05) is 21.5 Å². The van der Waals surface area contributed by atoms with Gasteiger partial charge in [0.2, 0.25) is 0 Å². The van der Waals surface area contributed by atoms with Gasteiger partial charge in [-0.2, -0.15) is 0 Å². The fraction of sp³-hybridized carbons (Fsp3) is 0.174. The smallest absolute Gasteiger partial charge is 0.341 e. The van der Waals surface area contributed by atoms with Gasteiger partial charge >= 0.3 is 11.9 Å². The number of amides is 1. The third-order valence-electron chi connectivity index (χ3n) is 4.39. The number of aliphatic hydroxyl groups is 1. The molecule has 0 aliphatic rings. The molecule has 2 N–H and O–H groups in total. The number of thiophene rings is 1. The molecule has 0 aliphatic carbocycles. The molecule has 2 aromatic carbocycles. The average molecular weight is 474 g/mol. The standard InChI is InChI=1S/C23H20ClNO6S/c1-2-30-23(29)20-17(16-5-3-4-6-18(16)24)13-32-21(20)25-19(27)12-31-22(28)15-9-7-14(11-26)8-10-15/h3-10,13,26H,2,11-12H2,1H3,(H,25,27). The van der Waals surface area contributed by atoms with Crippen LogP contribution in [0, 0.1) is 0 Å². The number of esters is 2. The number of nitrogens with one attached hydrogen (secondary N) is 1. The van der Waals surface area contributed by atoms with Gasteiger partial charge in [-0.3, -0.25) is 4.79 Å². The van der Waals surface area contributed by atoms with Crippen LogP contribution >= 0.6 is 22.9 Å². The number of rotatable bonds is 8. The molecule has 0 aliphatic heterocycles. The topological polar surface area (TPSA) is 102 Å². The van der Waals surface area contributed by atoms with Gasteiger partial charge in [0.1, 0.15) is 10.6 Å². The van der Waals surface area contributed by atoms with E-state index >= 15 is 0 Å².